The van der Waals surface area contributed by atoms with Crippen molar-refractivity contribution in [2.24, 2.45) is 0 Å². The van der Waals surface area contributed by atoms with Crippen LogP contribution in [0, 0.1) is 13.8 Å². The van der Waals surface area contributed by atoms with Gasteiger partial charge in [-0.25, -0.2) is 17.7 Å². The number of nitrogens with one attached hydrogen (secondary N) is 1. The molecule has 2 heterocycles. The van der Waals surface area contributed by atoms with Crippen LogP contribution in [0.15, 0.2) is 52.7 Å². The quantitative estimate of drug-likeness (QED) is 0.690. The fourth-order valence-electron chi connectivity index (χ4n) is 3.04. The van der Waals surface area contributed by atoms with Crippen molar-refractivity contribution in [1.29, 1.82) is 0 Å². The average Bonchev–Trinajstić information content (AvgIpc) is 3.22. The zero-order valence-corrected chi connectivity index (χ0v) is 17.3. The van der Waals surface area contributed by atoms with Crippen LogP contribution < -0.4 is 5.32 Å². The SMILES string of the molecule is Cc1ccc(-c2csc(NC(=O)CN3C(=O)c4ccccc4S3(=O)=O)n2)cc1C. The van der Waals surface area contributed by atoms with E-state index >= 15 is 0 Å². The second-order valence-corrected chi connectivity index (χ2v) is 9.39. The highest BCUT2D eigenvalue weighted by Crippen LogP contribution is 2.30. The van der Waals surface area contributed by atoms with Gasteiger partial charge in [-0.1, -0.05) is 24.3 Å². The minimum Gasteiger partial charge on any atom is -0.300 e. The van der Waals surface area contributed by atoms with Gasteiger partial charge in [-0.15, -0.1) is 11.3 Å². The third-order valence-corrected chi connectivity index (χ3v) is 7.30. The van der Waals surface area contributed by atoms with Gasteiger partial charge in [-0.2, -0.15) is 0 Å². The number of anilines is 1. The number of hydrogen-bond donors (Lipinski definition) is 1. The maximum atomic E-state index is 12.5. The van der Waals surface area contributed by atoms with E-state index < -0.39 is 28.4 Å². The minimum absolute atomic E-state index is 0.0755. The van der Waals surface area contributed by atoms with Crippen molar-refractivity contribution in [3.05, 3.63) is 64.5 Å². The maximum absolute atomic E-state index is 12.5. The fourth-order valence-corrected chi connectivity index (χ4v) is 5.30. The summed E-state index contributed by atoms with van der Waals surface area (Å²) in [6.07, 6.45) is 0. The lowest BCUT2D eigenvalue weighted by atomic mass is 10.1. The Balaban J connectivity index is 1.49. The Labute approximate surface area is 172 Å². The van der Waals surface area contributed by atoms with Crippen molar-refractivity contribution in [1.82, 2.24) is 9.29 Å². The first-order valence-electron chi connectivity index (χ1n) is 8.76. The number of rotatable bonds is 4. The summed E-state index contributed by atoms with van der Waals surface area (Å²) in [5.41, 5.74) is 4.03. The number of benzene rings is 2. The summed E-state index contributed by atoms with van der Waals surface area (Å²) in [5.74, 6) is -1.33. The smallest absolute Gasteiger partial charge is 0.269 e. The molecule has 0 saturated carbocycles. The molecule has 1 aromatic heterocycles. The summed E-state index contributed by atoms with van der Waals surface area (Å²) < 4.78 is 25.7. The first-order chi connectivity index (χ1) is 13.8. The number of thiazole rings is 1. The summed E-state index contributed by atoms with van der Waals surface area (Å²) in [5, 5.41) is 4.73. The third kappa shape index (κ3) is 3.43. The first-order valence-corrected chi connectivity index (χ1v) is 11.1. The number of nitrogens with zero attached hydrogens (tertiary/aromatic N) is 2. The Morgan fingerprint density at radius 1 is 1.14 bits per heavy atom. The number of hydrogen-bond acceptors (Lipinski definition) is 6. The summed E-state index contributed by atoms with van der Waals surface area (Å²) in [4.78, 5) is 29.1. The van der Waals surface area contributed by atoms with Crippen LogP contribution in [0.2, 0.25) is 0 Å². The van der Waals surface area contributed by atoms with Crippen LogP contribution in [-0.4, -0.2) is 36.1 Å². The standard InChI is InChI=1S/C20H17N3O4S2/c1-12-7-8-14(9-13(12)2)16-11-28-20(21-16)22-18(24)10-23-19(25)15-5-3-4-6-17(15)29(23,26)27/h3-9,11H,10H2,1-2H3,(H,21,22,24). The molecule has 0 unspecified atom stereocenters. The fraction of sp³-hybridized carbons (Fsp3) is 0.150. The molecule has 148 valence electrons. The van der Waals surface area contributed by atoms with Crippen LogP contribution >= 0.6 is 11.3 Å². The van der Waals surface area contributed by atoms with Crippen molar-refractivity contribution < 1.29 is 18.0 Å². The number of aromatic nitrogens is 1. The molecule has 1 N–H and O–H groups in total. The number of sulfonamides is 1. The monoisotopic (exact) mass is 427 g/mol. The van der Waals surface area contributed by atoms with Gasteiger partial charge in [0.15, 0.2) is 5.13 Å². The van der Waals surface area contributed by atoms with Crippen LogP contribution in [0.4, 0.5) is 5.13 Å². The van der Waals surface area contributed by atoms with E-state index in [1.807, 2.05) is 37.4 Å². The van der Waals surface area contributed by atoms with E-state index in [0.717, 1.165) is 11.1 Å². The van der Waals surface area contributed by atoms with Gasteiger partial charge < -0.3 is 5.32 Å². The zero-order chi connectivity index (χ0) is 20.8. The highest BCUT2D eigenvalue weighted by Gasteiger charge is 2.41. The van der Waals surface area contributed by atoms with Crippen molar-refractivity contribution in [2.45, 2.75) is 18.7 Å². The van der Waals surface area contributed by atoms with Crippen molar-refractivity contribution >= 4 is 38.3 Å². The van der Waals surface area contributed by atoms with E-state index in [4.69, 9.17) is 0 Å². The van der Waals surface area contributed by atoms with Crippen molar-refractivity contribution in [3.63, 3.8) is 0 Å². The van der Waals surface area contributed by atoms with E-state index in [9.17, 15) is 18.0 Å². The number of carbonyl (C=O) groups is 2. The van der Waals surface area contributed by atoms with E-state index in [1.54, 1.807) is 6.07 Å². The molecule has 0 aliphatic carbocycles. The lowest BCUT2D eigenvalue weighted by Gasteiger charge is -2.13. The molecule has 1 aliphatic rings. The molecule has 1 aliphatic heterocycles. The molecule has 0 radical (unpaired) electrons. The van der Waals surface area contributed by atoms with E-state index in [0.29, 0.717) is 15.1 Å². The zero-order valence-electron chi connectivity index (χ0n) is 15.7. The molecular weight excluding hydrogens is 410 g/mol. The summed E-state index contributed by atoms with van der Waals surface area (Å²) >= 11 is 1.23. The summed E-state index contributed by atoms with van der Waals surface area (Å²) in [6, 6.07) is 11.9. The Hall–Kier alpha value is -3.04. The van der Waals surface area contributed by atoms with Crippen LogP contribution in [0.3, 0.4) is 0 Å². The highest BCUT2D eigenvalue weighted by atomic mass is 32.2. The number of aryl methyl sites for hydroxylation is 2. The topological polar surface area (TPSA) is 96.4 Å². The molecule has 4 rings (SSSR count). The third-order valence-electron chi connectivity index (χ3n) is 4.75. The van der Waals surface area contributed by atoms with Gasteiger partial charge in [0, 0.05) is 10.9 Å². The highest BCUT2D eigenvalue weighted by molar-refractivity contribution is 7.90. The van der Waals surface area contributed by atoms with Gasteiger partial charge in [0.25, 0.3) is 15.9 Å². The Kier molecular flexibility index (Phi) is 4.71. The Morgan fingerprint density at radius 3 is 2.62 bits per heavy atom. The van der Waals surface area contributed by atoms with E-state index in [1.165, 1.54) is 35.1 Å². The largest absolute Gasteiger partial charge is 0.300 e. The molecule has 2 amide bonds. The molecule has 0 saturated heterocycles. The molecule has 7 nitrogen and oxygen atoms in total. The van der Waals surface area contributed by atoms with Gasteiger partial charge in [0.2, 0.25) is 5.91 Å². The number of carbonyl (C=O) groups excluding carboxylic acids is 2. The normalized spacial score (nSPS) is 14.7. The summed E-state index contributed by atoms with van der Waals surface area (Å²) in [6.45, 7) is 3.44. The van der Waals surface area contributed by atoms with Gasteiger partial charge >= 0.3 is 0 Å². The molecule has 0 fully saturated rings. The van der Waals surface area contributed by atoms with Gasteiger partial charge in [0.1, 0.15) is 11.4 Å². The molecule has 0 atom stereocenters. The van der Waals surface area contributed by atoms with E-state index in [-0.39, 0.29) is 10.5 Å². The maximum Gasteiger partial charge on any atom is 0.269 e. The van der Waals surface area contributed by atoms with Gasteiger partial charge in [-0.05, 0) is 43.2 Å². The lowest BCUT2D eigenvalue weighted by Crippen LogP contribution is -2.37. The number of fused-ring (bicyclic) bond motifs is 1. The van der Waals surface area contributed by atoms with Gasteiger partial charge in [-0.3, -0.25) is 9.59 Å². The average molecular weight is 428 g/mol. The molecule has 2 aromatic carbocycles. The van der Waals surface area contributed by atoms with Crippen molar-refractivity contribution in [3.8, 4) is 11.3 Å². The molecule has 29 heavy (non-hydrogen) atoms. The second-order valence-electron chi connectivity index (χ2n) is 6.70. The predicted octanol–water partition coefficient (Wildman–Crippen LogP) is 3.21. The van der Waals surface area contributed by atoms with Crippen LogP contribution in [0.5, 0.6) is 0 Å². The minimum atomic E-state index is -4.02. The Morgan fingerprint density at radius 2 is 1.90 bits per heavy atom. The molecule has 3 aromatic rings. The summed E-state index contributed by atoms with van der Waals surface area (Å²) in [7, 11) is -4.02. The second kappa shape index (κ2) is 7.09. The molecule has 0 bridgehead atoms. The first kappa shape index (κ1) is 19.3. The molecule has 0 spiro atoms. The molecule has 9 heteroatoms. The van der Waals surface area contributed by atoms with E-state index in [2.05, 4.69) is 10.3 Å². The Bertz CT molecular complexity index is 1250. The lowest BCUT2D eigenvalue weighted by molar-refractivity contribution is -0.116. The van der Waals surface area contributed by atoms with Crippen molar-refractivity contribution in [2.75, 3.05) is 11.9 Å². The van der Waals surface area contributed by atoms with Gasteiger partial charge in [0.05, 0.1) is 11.3 Å². The van der Waals surface area contributed by atoms with Crippen LogP contribution in [0.1, 0.15) is 21.5 Å². The number of amides is 2. The van der Waals surface area contributed by atoms with Crippen LogP contribution in [-0.2, 0) is 14.8 Å². The molecular formula is C20H17N3O4S2. The predicted molar refractivity (Wildman–Crippen MR) is 110 cm³/mol. The van der Waals surface area contributed by atoms with Crippen LogP contribution in [0.25, 0.3) is 11.3 Å².